The topological polar surface area (TPSA) is 12.5 Å². The Kier molecular flexibility index (Phi) is 4.92. The Morgan fingerprint density at radius 2 is 1.86 bits per heavy atom. The summed E-state index contributed by atoms with van der Waals surface area (Å²) < 4.78 is 7.72. The highest BCUT2D eigenvalue weighted by Gasteiger charge is 2.05. The number of hydrogen-bond donors (Lipinski definition) is 0. The van der Waals surface area contributed by atoms with Crippen molar-refractivity contribution in [2.45, 2.75) is 13.8 Å². The number of benzene rings is 1. The lowest BCUT2D eigenvalue weighted by molar-refractivity contribution is 0.417. The number of para-hydroxylation sites is 1. The lowest BCUT2D eigenvalue weighted by Crippen LogP contribution is -2.17. The average molecular weight is 211 g/mol. The first-order valence-corrected chi connectivity index (χ1v) is 5.91. The van der Waals surface area contributed by atoms with Gasteiger partial charge in [0, 0.05) is 5.30 Å². The van der Waals surface area contributed by atoms with E-state index in [0.29, 0.717) is 8.73 Å². The van der Waals surface area contributed by atoms with Crippen molar-refractivity contribution in [2.75, 3.05) is 20.2 Å². The molecule has 1 aromatic carbocycles. The number of nitrogens with zero attached hydrogens (tertiary/aromatic N) is 1. The van der Waals surface area contributed by atoms with Gasteiger partial charge in [-0.05, 0) is 34.0 Å². The van der Waals surface area contributed by atoms with Crippen LogP contribution in [0.1, 0.15) is 13.8 Å². The molecule has 0 spiro atoms. The second-order valence-electron chi connectivity index (χ2n) is 2.98. The molecule has 0 aliphatic rings. The number of methoxy groups -OCH3 is 1. The number of ether oxygens (including phenoxy) is 1. The SMILES string of the molecule is CCN(CC)Pc1ccccc1OC. The Morgan fingerprint density at radius 1 is 1.21 bits per heavy atom. The molecule has 14 heavy (non-hydrogen) atoms. The molecule has 0 aliphatic carbocycles. The molecule has 1 aromatic rings. The second-order valence-corrected chi connectivity index (χ2v) is 4.38. The highest BCUT2D eigenvalue weighted by Crippen LogP contribution is 2.22. The third kappa shape index (κ3) is 2.97. The molecule has 78 valence electrons. The van der Waals surface area contributed by atoms with Gasteiger partial charge < -0.3 is 4.74 Å². The first-order valence-electron chi connectivity index (χ1n) is 4.96. The highest BCUT2D eigenvalue weighted by atomic mass is 31.1. The van der Waals surface area contributed by atoms with Gasteiger partial charge >= 0.3 is 0 Å². The second kappa shape index (κ2) is 6.00. The van der Waals surface area contributed by atoms with Crippen molar-refractivity contribution < 1.29 is 4.74 Å². The van der Waals surface area contributed by atoms with Gasteiger partial charge in [0.05, 0.1) is 7.11 Å². The quantitative estimate of drug-likeness (QED) is 0.693. The van der Waals surface area contributed by atoms with Gasteiger partial charge in [-0.2, -0.15) is 0 Å². The summed E-state index contributed by atoms with van der Waals surface area (Å²) in [6.45, 7) is 6.55. The van der Waals surface area contributed by atoms with E-state index in [-0.39, 0.29) is 0 Å². The summed E-state index contributed by atoms with van der Waals surface area (Å²) in [5, 5.41) is 1.29. The monoisotopic (exact) mass is 211 g/mol. The summed E-state index contributed by atoms with van der Waals surface area (Å²) in [6, 6.07) is 8.23. The Balaban J connectivity index is 2.74. The van der Waals surface area contributed by atoms with Gasteiger partial charge in [-0.25, -0.2) is 0 Å². The van der Waals surface area contributed by atoms with Crippen molar-refractivity contribution >= 4 is 14.0 Å². The Morgan fingerprint density at radius 3 is 2.43 bits per heavy atom. The van der Waals surface area contributed by atoms with E-state index in [9.17, 15) is 0 Å². The smallest absolute Gasteiger partial charge is 0.127 e. The number of rotatable bonds is 5. The van der Waals surface area contributed by atoms with E-state index in [1.165, 1.54) is 5.30 Å². The van der Waals surface area contributed by atoms with E-state index >= 15 is 0 Å². The van der Waals surface area contributed by atoms with Crippen LogP contribution in [0.3, 0.4) is 0 Å². The fraction of sp³-hybridized carbons (Fsp3) is 0.455. The minimum absolute atomic E-state index is 0.710. The lowest BCUT2D eigenvalue weighted by atomic mass is 10.3. The van der Waals surface area contributed by atoms with E-state index in [4.69, 9.17) is 4.74 Å². The molecule has 0 saturated carbocycles. The van der Waals surface area contributed by atoms with E-state index in [1.54, 1.807) is 7.11 Å². The molecule has 0 aliphatic heterocycles. The minimum Gasteiger partial charge on any atom is -0.496 e. The maximum atomic E-state index is 5.32. The van der Waals surface area contributed by atoms with Gasteiger partial charge in [-0.1, -0.05) is 26.0 Å². The van der Waals surface area contributed by atoms with Gasteiger partial charge in [0.1, 0.15) is 5.75 Å². The molecule has 0 aromatic heterocycles. The van der Waals surface area contributed by atoms with Crippen molar-refractivity contribution in [3.8, 4) is 5.75 Å². The van der Waals surface area contributed by atoms with Crippen molar-refractivity contribution in [2.24, 2.45) is 0 Å². The molecule has 3 heteroatoms. The maximum Gasteiger partial charge on any atom is 0.127 e. The molecule has 0 fully saturated rings. The molecule has 1 unspecified atom stereocenters. The van der Waals surface area contributed by atoms with Crippen LogP contribution in [0.2, 0.25) is 0 Å². The van der Waals surface area contributed by atoms with Crippen LogP contribution < -0.4 is 10.0 Å². The minimum atomic E-state index is 0.710. The van der Waals surface area contributed by atoms with Gasteiger partial charge in [-0.3, -0.25) is 4.67 Å². The van der Waals surface area contributed by atoms with Crippen LogP contribution in [0, 0.1) is 0 Å². The lowest BCUT2D eigenvalue weighted by Gasteiger charge is -2.19. The van der Waals surface area contributed by atoms with Crippen LogP contribution in [0.5, 0.6) is 5.75 Å². The summed E-state index contributed by atoms with van der Waals surface area (Å²) in [7, 11) is 2.44. The molecule has 2 nitrogen and oxygen atoms in total. The van der Waals surface area contributed by atoms with E-state index < -0.39 is 0 Å². The first-order chi connectivity index (χ1) is 6.81. The van der Waals surface area contributed by atoms with Gasteiger partial charge in [-0.15, -0.1) is 0 Å². The Labute approximate surface area is 88.1 Å². The van der Waals surface area contributed by atoms with Crippen LogP contribution in [-0.2, 0) is 0 Å². The van der Waals surface area contributed by atoms with Crippen molar-refractivity contribution in [3.63, 3.8) is 0 Å². The number of hydrogen-bond acceptors (Lipinski definition) is 2. The fourth-order valence-corrected chi connectivity index (χ4v) is 2.41. The molecule has 0 bridgehead atoms. The Hall–Kier alpha value is -0.590. The van der Waals surface area contributed by atoms with Crippen LogP contribution in [0.25, 0.3) is 0 Å². The zero-order chi connectivity index (χ0) is 10.4. The summed E-state index contributed by atoms with van der Waals surface area (Å²) in [5.74, 6) is 0.998. The van der Waals surface area contributed by atoms with Crippen LogP contribution in [-0.4, -0.2) is 24.9 Å². The molecule has 0 heterocycles. The molecule has 1 rings (SSSR count). The molecule has 1 atom stereocenters. The largest absolute Gasteiger partial charge is 0.496 e. The van der Waals surface area contributed by atoms with Crippen molar-refractivity contribution in [3.05, 3.63) is 24.3 Å². The predicted molar refractivity (Wildman–Crippen MR) is 63.9 cm³/mol. The van der Waals surface area contributed by atoms with Crippen LogP contribution >= 0.6 is 8.73 Å². The van der Waals surface area contributed by atoms with Crippen LogP contribution in [0.4, 0.5) is 0 Å². The molecular formula is C11H18NOP. The normalized spacial score (nSPS) is 11.4. The summed E-state index contributed by atoms with van der Waals surface area (Å²) in [6.07, 6.45) is 0. The average Bonchev–Trinajstić information content (AvgIpc) is 2.26. The fourth-order valence-electron chi connectivity index (χ4n) is 1.29. The van der Waals surface area contributed by atoms with Gasteiger partial charge in [0.15, 0.2) is 0 Å². The van der Waals surface area contributed by atoms with Crippen LogP contribution in [0.15, 0.2) is 24.3 Å². The zero-order valence-electron chi connectivity index (χ0n) is 9.08. The van der Waals surface area contributed by atoms with Gasteiger partial charge in [0.2, 0.25) is 0 Å². The predicted octanol–water partition coefficient (Wildman–Crippen LogP) is 2.26. The first kappa shape index (κ1) is 11.5. The van der Waals surface area contributed by atoms with E-state index in [1.807, 2.05) is 12.1 Å². The van der Waals surface area contributed by atoms with Gasteiger partial charge in [0.25, 0.3) is 0 Å². The third-order valence-electron chi connectivity index (χ3n) is 2.15. The van der Waals surface area contributed by atoms with E-state index in [2.05, 4.69) is 30.7 Å². The molecule has 0 N–H and O–H groups in total. The van der Waals surface area contributed by atoms with Crippen molar-refractivity contribution in [1.82, 2.24) is 4.67 Å². The van der Waals surface area contributed by atoms with Crippen molar-refractivity contribution in [1.29, 1.82) is 0 Å². The third-order valence-corrected chi connectivity index (χ3v) is 3.75. The zero-order valence-corrected chi connectivity index (χ0v) is 10.1. The summed E-state index contributed by atoms with van der Waals surface area (Å²) in [5.41, 5.74) is 0. The summed E-state index contributed by atoms with van der Waals surface area (Å²) >= 11 is 0. The summed E-state index contributed by atoms with van der Waals surface area (Å²) in [4.78, 5) is 0. The maximum absolute atomic E-state index is 5.32. The molecule has 0 radical (unpaired) electrons. The Bertz CT molecular complexity index is 274. The highest BCUT2D eigenvalue weighted by molar-refractivity contribution is 7.44. The standard InChI is InChI=1S/C11H18NOP/c1-4-12(5-2)14-11-9-7-6-8-10(11)13-3/h6-9,14H,4-5H2,1-3H3. The molecule has 0 amide bonds. The molecule has 0 saturated heterocycles. The van der Waals surface area contributed by atoms with E-state index in [0.717, 1.165) is 18.8 Å². The molecular weight excluding hydrogens is 193 g/mol.